The summed E-state index contributed by atoms with van der Waals surface area (Å²) in [6.07, 6.45) is 0.888. The molecule has 4 heteroatoms. The van der Waals surface area contributed by atoms with Gasteiger partial charge in [0.2, 0.25) is 5.91 Å². The smallest absolute Gasteiger partial charge is 0.223 e. The number of aryl methyl sites for hydroxylation is 2. The zero-order valence-electron chi connectivity index (χ0n) is 12.8. The fraction of sp³-hybridized carbons (Fsp3) is 0.562. The van der Waals surface area contributed by atoms with E-state index in [0.29, 0.717) is 13.0 Å². The Bertz CT molecular complexity index is 455. The van der Waals surface area contributed by atoms with Gasteiger partial charge >= 0.3 is 0 Å². The minimum Gasteiger partial charge on any atom is -0.493 e. The topological polar surface area (TPSA) is 58.6 Å². The Labute approximate surface area is 121 Å². The van der Waals surface area contributed by atoms with Crippen LogP contribution in [0.1, 0.15) is 37.8 Å². The van der Waals surface area contributed by atoms with E-state index in [0.717, 1.165) is 16.9 Å². The Morgan fingerprint density at radius 3 is 2.75 bits per heavy atom. The first kappa shape index (κ1) is 16.5. The van der Waals surface area contributed by atoms with Crippen molar-refractivity contribution >= 4 is 5.91 Å². The molecule has 0 spiro atoms. The third-order valence-corrected chi connectivity index (χ3v) is 3.36. The Balaban J connectivity index is 2.33. The van der Waals surface area contributed by atoms with E-state index in [1.807, 2.05) is 39.0 Å². The van der Waals surface area contributed by atoms with Crippen molar-refractivity contribution < 1.29 is 14.6 Å². The lowest BCUT2D eigenvalue weighted by atomic mass is 10.0. The van der Waals surface area contributed by atoms with Crippen LogP contribution in [0.2, 0.25) is 0 Å². The number of nitrogens with one attached hydrogen (secondary N) is 1. The Morgan fingerprint density at radius 1 is 1.40 bits per heavy atom. The molecule has 1 atom stereocenters. The van der Waals surface area contributed by atoms with Crippen LogP contribution < -0.4 is 10.1 Å². The van der Waals surface area contributed by atoms with Gasteiger partial charge in [0.25, 0.3) is 0 Å². The van der Waals surface area contributed by atoms with E-state index in [9.17, 15) is 9.90 Å². The monoisotopic (exact) mass is 279 g/mol. The van der Waals surface area contributed by atoms with Crippen molar-refractivity contribution in [2.75, 3.05) is 13.2 Å². The zero-order valence-corrected chi connectivity index (χ0v) is 12.8. The molecule has 0 fully saturated rings. The maximum Gasteiger partial charge on any atom is 0.223 e. The molecule has 1 rings (SSSR count). The highest BCUT2D eigenvalue weighted by Gasteiger charge is 2.18. The lowest BCUT2D eigenvalue weighted by Crippen LogP contribution is -2.40. The van der Waals surface area contributed by atoms with Crippen LogP contribution >= 0.6 is 0 Å². The number of carbonyl (C=O) groups excluding carboxylic acids is 1. The number of amides is 1. The van der Waals surface area contributed by atoms with Gasteiger partial charge in [-0.25, -0.2) is 0 Å². The molecule has 1 unspecified atom stereocenters. The van der Waals surface area contributed by atoms with Gasteiger partial charge in [-0.15, -0.1) is 0 Å². The molecular weight excluding hydrogens is 254 g/mol. The fourth-order valence-corrected chi connectivity index (χ4v) is 1.62. The predicted molar refractivity (Wildman–Crippen MR) is 80.0 cm³/mol. The van der Waals surface area contributed by atoms with Gasteiger partial charge in [0.05, 0.1) is 18.6 Å². The highest BCUT2D eigenvalue weighted by Crippen LogP contribution is 2.19. The summed E-state index contributed by atoms with van der Waals surface area (Å²) in [5.41, 5.74) is 1.35. The number of hydrogen-bond donors (Lipinski definition) is 2. The molecule has 1 amide bonds. The van der Waals surface area contributed by atoms with Crippen LogP contribution in [0.25, 0.3) is 0 Å². The van der Waals surface area contributed by atoms with Gasteiger partial charge in [0.15, 0.2) is 0 Å². The summed E-state index contributed by atoms with van der Waals surface area (Å²) in [6, 6.07) is 6.00. The Hall–Kier alpha value is -1.55. The number of aliphatic hydroxyl groups is 1. The summed E-state index contributed by atoms with van der Waals surface area (Å²) < 4.78 is 5.62. The molecule has 0 aromatic heterocycles. The highest BCUT2D eigenvalue weighted by atomic mass is 16.5. The molecule has 0 aliphatic carbocycles. The van der Waals surface area contributed by atoms with Crippen molar-refractivity contribution in [2.24, 2.45) is 0 Å². The third kappa shape index (κ3) is 5.61. The van der Waals surface area contributed by atoms with Crippen LogP contribution in [-0.4, -0.2) is 29.8 Å². The molecule has 0 aliphatic heterocycles. The summed E-state index contributed by atoms with van der Waals surface area (Å²) >= 11 is 0. The van der Waals surface area contributed by atoms with Crippen molar-refractivity contribution in [1.29, 1.82) is 0 Å². The predicted octanol–water partition coefficient (Wildman–Crippen LogP) is 2.35. The minimum absolute atomic E-state index is 0.107. The van der Waals surface area contributed by atoms with Crippen molar-refractivity contribution in [2.45, 2.75) is 46.1 Å². The van der Waals surface area contributed by atoms with E-state index in [-0.39, 0.29) is 18.9 Å². The molecule has 1 aromatic carbocycles. The zero-order chi connectivity index (χ0) is 15.2. The van der Waals surface area contributed by atoms with E-state index in [2.05, 4.69) is 5.32 Å². The van der Waals surface area contributed by atoms with Crippen molar-refractivity contribution in [1.82, 2.24) is 5.32 Å². The lowest BCUT2D eigenvalue weighted by molar-refractivity contribution is -0.122. The van der Waals surface area contributed by atoms with Gasteiger partial charge < -0.3 is 15.2 Å². The first-order valence-corrected chi connectivity index (χ1v) is 7.03. The molecule has 2 N–H and O–H groups in total. The largest absolute Gasteiger partial charge is 0.493 e. The first-order chi connectivity index (χ1) is 9.34. The van der Waals surface area contributed by atoms with E-state index < -0.39 is 5.60 Å². The summed E-state index contributed by atoms with van der Waals surface area (Å²) in [5, 5.41) is 12.5. The normalized spacial score (nSPS) is 13.7. The second kappa shape index (κ2) is 7.29. The SMILES string of the molecule is CCC(C)(O)CNC(=O)CCOc1cc(C)ccc1C. The molecule has 0 bridgehead atoms. The number of benzene rings is 1. The molecule has 0 saturated heterocycles. The quantitative estimate of drug-likeness (QED) is 0.805. The van der Waals surface area contributed by atoms with Crippen LogP contribution in [0.15, 0.2) is 18.2 Å². The molecule has 0 aliphatic rings. The van der Waals surface area contributed by atoms with Gasteiger partial charge in [-0.3, -0.25) is 4.79 Å². The molecule has 0 saturated carbocycles. The summed E-state index contributed by atoms with van der Waals surface area (Å²) in [5.74, 6) is 0.711. The van der Waals surface area contributed by atoms with Crippen LogP contribution in [0.4, 0.5) is 0 Å². The van der Waals surface area contributed by atoms with E-state index >= 15 is 0 Å². The van der Waals surface area contributed by atoms with Gasteiger partial charge in [0.1, 0.15) is 5.75 Å². The summed E-state index contributed by atoms with van der Waals surface area (Å²) in [6.45, 7) is 8.19. The van der Waals surface area contributed by atoms with Gasteiger partial charge in [-0.2, -0.15) is 0 Å². The molecule has 4 nitrogen and oxygen atoms in total. The van der Waals surface area contributed by atoms with Crippen LogP contribution in [0, 0.1) is 13.8 Å². The van der Waals surface area contributed by atoms with E-state index in [1.54, 1.807) is 6.92 Å². The van der Waals surface area contributed by atoms with Gasteiger partial charge in [-0.05, 0) is 44.4 Å². The number of rotatable bonds is 7. The summed E-state index contributed by atoms with van der Waals surface area (Å²) in [4.78, 5) is 11.6. The number of ether oxygens (including phenoxy) is 1. The molecule has 0 heterocycles. The Kier molecular flexibility index (Phi) is 6.02. The summed E-state index contributed by atoms with van der Waals surface area (Å²) in [7, 11) is 0. The third-order valence-electron chi connectivity index (χ3n) is 3.36. The maximum atomic E-state index is 11.6. The van der Waals surface area contributed by atoms with Crippen LogP contribution in [-0.2, 0) is 4.79 Å². The van der Waals surface area contributed by atoms with Crippen molar-refractivity contribution in [3.8, 4) is 5.75 Å². The van der Waals surface area contributed by atoms with E-state index in [4.69, 9.17) is 4.74 Å². The van der Waals surface area contributed by atoms with Gasteiger partial charge in [-0.1, -0.05) is 19.1 Å². The Morgan fingerprint density at radius 2 is 2.10 bits per heavy atom. The molecule has 0 radical (unpaired) electrons. The van der Waals surface area contributed by atoms with Crippen LogP contribution in [0.3, 0.4) is 0 Å². The average Bonchev–Trinajstić information content (AvgIpc) is 2.40. The molecule has 20 heavy (non-hydrogen) atoms. The number of carbonyl (C=O) groups is 1. The minimum atomic E-state index is -0.844. The fourth-order valence-electron chi connectivity index (χ4n) is 1.62. The molecule has 112 valence electrons. The first-order valence-electron chi connectivity index (χ1n) is 7.03. The molecular formula is C16H25NO3. The van der Waals surface area contributed by atoms with Gasteiger partial charge in [0, 0.05) is 6.54 Å². The van der Waals surface area contributed by atoms with Crippen molar-refractivity contribution in [3.05, 3.63) is 29.3 Å². The lowest BCUT2D eigenvalue weighted by Gasteiger charge is -2.21. The van der Waals surface area contributed by atoms with E-state index in [1.165, 1.54) is 0 Å². The highest BCUT2D eigenvalue weighted by molar-refractivity contribution is 5.76. The van der Waals surface area contributed by atoms with Crippen molar-refractivity contribution in [3.63, 3.8) is 0 Å². The molecule has 1 aromatic rings. The maximum absolute atomic E-state index is 11.6. The number of hydrogen-bond acceptors (Lipinski definition) is 3. The average molecular weight is 279 g/mol. The second-order valence-corrected chi connectivity index (χ2v) is 5.49. The standard InChI is InChI=1S/C16H25NO3/c1-5-16(4,19)11-17-15(18)8-9-20-14-10-12(2)6-7-13(14)3/h6-7,10,19H,5,8-9,11H2,1-4H3,(H,17,18). The van der Waals surface area contributed by atoms with Crippen LogP contribution in [0.5, 0.6) is 5.75 Å². The second-order valence-electron chi connectivity index (χ2n) is 5.49.